The van der Waals surface area contributed by atoms with Gasteiger partial charge in [-0.15, -0.1) is 0 Å². The first-order valence-electron chi connectivity index (χ1n) is 8.78. The Morgan fingerprint density at radius 1 is 1.23 bits per heavy atom. The number of sulfone groups is 1. The van der Waals surface area contributed by atoms with Crippen LogP contribution in [0.25, 0.3) is 0 Å². The van der Waals surface area contributed by atoms with Gasteiger partial charge in [-0.05, 0) is 37.3 Å². The second kappa shape index (κ2) is 7.26. The number of nitrogens with one attached hydrogen (secondary N) is 2. The third-order valence-electron chi connectivity index (χ3n) is 5.06. The van der Waals surface area contributed by atoms with Gasteiger partial charge in [0.05, 0.1) is 18.6 Å². The normalized spacial score (nSPS) is 22.4. The minimum absolute atomic E-state index is 0.0375. The van der Waals surface area contributed by atoms with Crippen LogP contribution in [-0.2, 0) is 25.8 Å². The summed E-state index contributed by atoms with van der Waals surface area (Å²) >= 11 is 0. The van der Waals surface area contributed by atoms with Crippen molar-refractivity contribution in [2.75, 3.05) is 25.2 Å². The van der Waals surface area contributed by atoms with Crippen molar-refractivity contribution in [1.29, 1.82) is 0 Å². The molecule has 0 spiro atoms. The van der Waals surface area contributed by atoms with E-state index in [0.717, 1.165) is 11.3 Å². The second-order valence-electron chi connectivity index (χ2n) is 6.97. The Labute approximate surface area is 153 Å². The van der Waals surface area contributed by atoms with E-state index < -0.39 is 15.3 Å². The molecule has 1 aliphatic carbocycles. The van der Waals surface area contributed by atoms with Crippen LogP contribution in [0.4, 0.5) is 0 Å². The van der Waals surface area contributed by atoms with Gasteiger partial charge in [0.25, 0.3) is 0 Å². The van der Waals surface area contributed by atoms with Crippen molar-refractivity contribution in [3.63, 3.8) is 0 Å². The van der Waals surface area contributed by atoms with Gasteiger partial charge in [0.15, 0.2) is 9.84 Å². The molecular formula is C18H24N2O5S. The summed E-state index contributed by atoms with van der Waals surface area (Å²) in [4.78, 5) is 25.0. The fourth-order valence-electron chi connectivity index (χ4n) is 3.30. The molecule has 2 amide bonds. The fourth-order valence-corrected chi connectivity index (χ4v) is 4.98. The number of carbonyl (C=O) groups is 2. The number of benzene rings is 1. The summed E-state index contributed by atoms with van der Waals surface area (Å²) in [5, 5.41) is 5.58. The van der Waals surface area contributed by atoms with Crippen LogP contribution < -0.4 is 15.4 Å². The van der Waals surface area contributed by atoms with E-state index in [1.165, 1.54) is 0 Å². The van der Waals surface area contributed by atoms with E-state index in [1.807, 2.05) is 24.3 Å². The summed E-state index contributed by atoms with van der Waals surface area (Å²) in [6, 6.07) is 7.21. The number of para-hydroxylation sites is 1. The predicted octanol–water partition coefficient (Wildman–Crippen LogP) is 0.437. The van der Waals surface area contributed by atoms with E-state index in [0.29, 0.717) is 32.2 Å². The monoisotopic (exact) mass is 380 g/mol. The van der Waals surface area contributed by atoms with E-state index in [9.17, 15) is 18.0 Å². The maximum Gasteiger partial charge on any atom is 0.235 e. The molecule has 0 bridgehead atoms. The zero-order valence-corrected chi connectivity index (χ0v) is 15.6. The molecule has 0 radical (unpaired) electrons. The van der Waals surface area contributed by atoms with Crippen molar-refractivity contribution >= 4 is 21.7 Å². The fraction of sp³-hybridized carbons (Fsp3) is 0.556. The first-order valence-corrected chi connectivity index (χ1v) is 10.6. The number of ether oxygens (including phenoxy) is 1. The second-order valence-corrected chi connectivity index (χ2v) is 9.20. The van der Waals surface area contributed by atoms with Crippen LogP contribution in [0, 0.1) is 5.41 Å². The molecular weight excluding hydrogens is 356 g/mol. The average molecular weight is 380 g/mol. The Bertz CT molecular complexity index is 802. The van der Waals surface area contributed by atoms with Gasteiger partial charge in [-0.1, -0.05) is 18.2 Å². The van der Waals surface area contributed by atoms with E-state index in [-0.39, 0.29) is 29.4 Å². The lowest BCUT2D eigenvalue weighted by Gasteiger charge is -2.18. The van der Waals surface area contributed by atoms with Crippen LogP contribution in [0.2, 0.25) is 0 Å². The molecule has 2 fully saturated rings. The number of methoxy groups -OCH3 is 1. The third kappa shape index (κ3) is 4.00. The molecule has 1 aliphatic heterocycles. The van der Waals surface area contributed by atoms with Crippen molar-refractivity contribution in [2.24, 2.45) is 5.41 Å². The number of amides is 2. The minimum atomic E-state index is -3.07. The van der Waals surface area contributed by atoms with Crippen LogP contribution in [-0.4, -0.2) is 51.4 Å². The van der Waals surface area contributed by atoms with Crippen molar-refractivity contribution in [3.8, 4) is 5.75 Å². The number of hydrogen-bond donors (Lipinski definition) is 2. The van der Waals surface area contributed by atoms with Crippen molar-refractivity contribution in [1.82, 2.24) is 10.6 Å². The van der Waals surface area contributed by atoms with Gasteiger partial charge in [0.2, 0.25) is 11.8 Å². The highest BCUT2D eigenvalue weighted by Crippen LogP contribution is 2.46. The first kappa shape index (κ1) is 18.7. The minimum Gasteiger partial charge on any atom is -0.496 e. The maximum atomic E-state index is 12.5. The van der Waals surface area contributed by atoms with Gasteiger partial charge in [0, 0.05) is 12.6 Å². The van der Waals surface area contributed by atoms with E-state index in [2.05, 4.69) is 10.6 Å². The van der Waals surface area contributed by atoms with Crippen LogP contribution in [0.15, 0.2) is 24.3 Å². The summed E-state index contributed by atoms with van der Waals surface area (Å²) in [7, 11) is -1.46. The number of carbonyl (C=O) groups excluding carboxylic acids is 2. The molecule has 1 saturated carbocycles. The van der Waals surface area contributed by atoms with Crippen LogP contribution in [0.5, 0.6) is 5.75 Å². The third-order valence-corrected chi connectivity index (χ3v) is 6.83. The molecule has 1 heterocycles. The quantitative estimate of drug-likeness (QED) is 0.669. The van der Waals surface area contributed by atoms with Gasteiger partial charge in [-0.25, -0.2) is 8.42 Å². The number of rotatable bonds is 7. The molecule has 2 aliphatic rings. The number of hydrogen-bond acceptors (Lipinski definition) is 5. The Kier molecular flexibility index (Phi) is 5.22. The molecule has 142 valence electrons. The van der Waals surface area contributed by atoms with E-state index in [1.54, 1.807) is 7.11 Å². The summed E-state index contributed by atoms with van der Waals surface area (Å²) in [6.45, 7) is 0.409. The maximum absolute atomic E-state index is 12.5. The summed E-state index contributed by atoms with van der Waals surface area (Å²) in [6.07, 6.45) is 2.02. The van der Waals surface area contributed by atoms with Crippen molar-refractivity contribution in [3.05, 3.63) is 29.8 Å². The standard InChI is InChI=1S/C18H24N2O5S/c1-25-15-5-3-2-4-13(15)6-10-19-16(21)18(8-9-18)17(22)20-14-7-11-26(23,24)12-14/h2-5,14H,6-12H2,1H3,(H,19,21)(H,20,22). The van der Waals surface area contributed by atoms with Crippen LogP contribution in [0.3, 0.4) is 0 Å². The smallest absolute Gasteiger partial charge is 0.235 e. The zero-order chi connectivity index (χ0) is 18.8. The molecule has 7 nitrogen and oxygen atoms in total. The molecule has 8 heteroatoms. The van der Waals surface area contributed by atoms with Crippen molar-refractivity contribution in [2.45, 2.75) is 31.7 Å². The van der Waals surface area contributed by atoms with Crippen molar-refractivity contribution < 1.29 is 22.7 Å². The van der Waals surface area contributed by atoms with Gasteiger partial charge >= 0.3 is 0 Å². The molecule has 26 heavy (non-hydrogen) atoms. The van der Waals surface area contributed by atoms with Gasteiger partial charge in [-0.3, -0.25) is 9.59 Å². The molecule has 1 saturated heterocycles. The Hall–Kier alpha value is -2.09. The SMILES string of the molecule is COc1ccccc1CCNC(=O)C1(C(=O)NC2CCS(=O)(=O)C2)CC1. The lowest BCUT2D eigenvalue weighted by Crippen LogP contribution is -2.47. The Balaban J connectivity index is 1.51. The average Bonchev–Trinajstić information content (AvgIpc) is 3.35. The first-order chi connectivity index (χ1) is 12.4. The van der Waals surface area contributed by atoms with E-state index in [4.69, 9.17) is 4.74 Å². The summed E-state index contributed by atoms with van der Waals surface area (Å²) in [5.41, 5.74) is -0.0478. The Morgan fingerprint density at radius 2 is 1.96 bits per heavy atom. The molecule has 3 rings (SSSR count). The molecule has 1 aromatic carbocycles. The highest BCUT2D eigenvalue weighted by molar-refractivity contribution is 7.91. The lowest BCUT2D eigenvalue weighted by molar-refractivity contribution is -0.137. The highest BCUT2D eigenvalue weighted by atomic mass is 32.2. The largest absolute Gasteiger partial charge is 0.496 e. The zero-order valence-electron chi connectivity index (χ0n) is 14.8. The predicted molar refractivity (Wildman–Crippen MR) is 96.6 cm³/mol. The molecule has 1 atom stereocenters. The van der Waals surface area contributed by atoms with E-state index >= 15 is 0 Å². The molecule has 0 aromatic heterocycles. The topological polar surface area (TPSA) is 102 Å². The lowest BCUT2D eigenvalue weighted by atomic mass is 10.0. The Morgan fingerprint density at radius 3 is 2.58 bits per heavy atom. The van der Waals surface area contributed by atoms with Crippen LogP contribution >= 0.6 is 0 Å². The highest BCUT2D eigenvalue weighted by Gasteiger charge is 2.56. The van der Waals surface area contributed by atoms with Gasteiger partial charge in [-0.2, -0.15) is 0 Å². The summed E-state index contributed by atoms with van der Waals surface area (Å²) < 4.78 is 28.3. The molecule has 1 unspecified atom stereocenters. The van der Waals surface area contributed by atoms with Crippen LogP contribution in [0.1, 0.15) is 24.8 Å². The molecule has 1 aromatic rings. The van der Waals surface area contributed by atoms with Gasteiger partial charge < -0.3 is 15.4 Å². The van der Waals surface area contributed by atoms with Gasteiger partial charge in [0.1, 0.15) is 11.2 Å². The molecule has 2 N–H and O–H groups in total. The summed E-state index contributed by atoms with van der Waals surface area (Å²) in [5.74, 6) is 0.184.